The van der Waals surface area contributed by atoms with E-state index in [-0.39, 0.29) is 17.9 Å². The Labute approximate surface area is 187 Å². The summed E-state index contributed by atoms with van der Waals surface area (Å²) < 4.78 is 0. The minimum absolute atomic E-state index is 0.0000666. The van der Waals surface area contributed by atoms with Crippen LogP contribution in [0.3, 0.4) is 0 Å². The van der Waals surface area contributed by atoms with Crippen molar-refractivity contribution in [1.29, 1.82) is 0 Å². The predicted octanol–water partition coefficient (Wildman–Crippen LogP) is 5.02. The van der Waals surface area contributed by atoms with Crippen LogP contribution in [0.5, 0.6) is 0 Å². The molecule has 2 amide bonds. The topological polar surface area (TPSA) is 49.4 Å². The molecule has 0 spiro atoms. The lowest BCUT2D eigenvalue weighted by Crippen LogP contribution is -2.51. The first-order valence-electron chi connectivity index (χ1n) is 11.6. The minimum atomic E-state index is -0.459. The van der Waals surface area contributed by atoms with Crippen molar-refractivity contribution in [2.75, 3.05) is 0 Å². The second-order valence-corrected chi connectivity index (χ2v) is 9.10. The predicted molar refractivity (Wildman–Crippen MR) is 126 cm³/mol. The molecule has 1 N–H and O–H groups in total. The molecule has 0 aliphatic heterocycles. The van der Waals surface area contributed by atoms with Crippen LogP contribution in [-0.4, -0.2) is 28.8 Å². The van der Waals surface area contributed by atoms with E-state index in [0.717, 1.165) is 40.7 Å². The Morgan fingerprint density at radius 2 is 1.61 bits per heavy atom. The number of carbonyl (C=O) groups is 2. The Bertz CT molecular complexity index is 895. The van der Waals surface area contributed by atoms with E-state index in [1.54, 1.807) is 4.90 Å². The van der Waals surface area contributed by atoms with Gasteiger partial charge in [-0.25, -0.2) is 0 Å². The maximum absolute atomic E-state index is 13.5. The molecule has 4 heteroatoms. The Morgan fingerprint density at radius 1 is 0.968 bits per heavy atom. The quantitative estimate of drug-likeness (QED) is 0.652. The highest BCUT2D eigenvalue weighted by Gasteiger charge is 2.30. The van der Waals surface area contributed by atoms with Crippen LogP contribution in [0.1, 0.15) is 66.8 Å². The molecule has 0 aromatic heterocycles. The third-order valence-corrected chi connectivity index (χ3v) is 6.16. The average Bonchev–Trinajstić information content (AvgIpc) is 3.20. The maximum atomic E-state index is 13.5. The van der Waals surface area contributed by atoms with Gasteiger partial charge in [-0.15, -0.1) is 0 Å². The maximum Gasteiger partial charge on any atom is 0.243 e. The van der Waals surface area contributed by atoms with E-state index in [9.17, 15) is 9.59 Å². The van der Waals surface area contributed by atoms with Crippen molar-refractivity contribution in [3.8, 4) is 0 Å². The fourth-order valence-electron chi connectivity index (χ4n) is 4.74. The van der Waals surface area contributed by atoms with E-state index < -0.39 is 6.04 Å². The van der Waals surface area contributed by atoms with Crippen molar-refractivity contribution < 1.29 is 9.59 Å². The summed E-state index contributed by atoms with van der Waals surface area (Å²) in [6.07, 6.45) is 5.32. The van der Waals surface area contributed by atoms with Crippen LogP contribution >= 0.6 is 0 Å². The smallest absolute Gasteiger partial charge is 0.243 e. The van der Waals surface area contributed by atoms with Gasteiger partial charge in [0.15, 0.2) is 0 Å². The molecule has 166 valence electrons. The summed E-state index contributed by atoms with van der Waals surface area (Å²) in [5.41, 5.74) is 5.52. The normalized spacial score (nSPS) is 15.0. The molecule has 31 heavy (non-hydrogen) atoms. The summed E-state index contributed by atoms with van der Waals surface area (Å²) in [7, 11) is 0. The molecule has 1 aliphatic carbocycles. The lowest BCUT2D eigenvalue weighted by molar-refractivity contribution is -0.141. The van der Waals surface area contributed by atoms with Crippen molar-refractivity contribution in [1.82, 2.24) is 10.2 Å². The number of amides is 2. The second kappa shape index (κ2) is 10.6. The number of rotatable bonds is 8. The molecule has 0 bridgehead atoms. The van der Waals surface area contributed by atoms with Crippen molar-refractivity contribution in [2.45, 2.75) is 84.8 Å². The monoisotopic (exact) mass is 420 g/mol. The van der Waals surface area contributed by atoms with Gasteiger partial charge in [0.1, 0.15) is 6.04 Å². The summed E-state index contributed by atoms with van der Waals surface area (Å²) in [5, 5.41) is 3.21. The van der Waals surface area contributed by atoms with Crippen LogP contribution in [0.2, 0.25) is 0 Å². The zero-order valence-electron chi connectivity index (χ0n) is 19.4. The SMILES string of the molecule is CC[C@H](C(=O)NC1CCCC1)N(Cc1cccc(C)c1)C(=O)Cc1cc(C)cc(C)c1. The van der Waals surface area contributed by atoms with Crippen molar-refractivity contribution in [3.63, 3.8) is 0 Å². The van der Waals surface area contributed by atoms with E-state index in [4.69, 9.17) is 0 Å². The first kappa shape index (κ1) is 23.1. The van der Waals surface area contributed by atoms with Gasteiger partial charge in [-0.2, -0.15) is 0 Å². The lowest BCUT2D eigenvalue weighted by atomic mass is 10.0. The number of hydrogen-bond donors (Lipinski definition) is 1. The largest absolute Gasteiger partial charge is 0.352 e. The van der Waals surface area contributed by atoms with Crippen LogP contribution in [0.4, 0.5) is 0 Å². The molecule has 0 saturated heterocycles. The van der Waals surface area contributed by atoms with Gasteiger partial charge in [-0.3, -0.25) is 9.59 Å². The Balaban J connectivity index is 1.84. The molecule has 0 radical (unpaired) electrons. The van der Waals surface area contributed by atoms with Gasteiger partial charge >= 0.3 is 0 Å². The zero-order chi connectivity index (χ0) is 22.4. The fraction of sp³-hybridized carbons (Fsp3) is 0.481. The molecule has 2 aromatic carbocycles. The number of nitrogens with one attached hydrogen (secondary N) is 1. The van der Waals surface area contributed by atoms with Crippen molar-refractivity contribution in [3.05, 3.63) is 70.3 Å². The number of nitrogens with zero attached hydrogens (tertiary/aromatic N) is 1. The van der Waals surface area contributed by atoms with Crippen LogP contribution in [0, 0.1) is 20.8 Å². The lowest BCUT2D eigenvalue weighted by Gasteiger charge is -2.32. The minimum Gasteiger partial charge on any atom is -0.352 e. The van der Waals surface area contributed by atoms with E-state index in [2.05, 4.69) is 56.4 Å². The van der Waals surface area contributed by atoms with Crippen LogP contribution < -0.4 is 5.32 Å². The van der Waals surface area contributed by atoms with Crippen LogP contribution in [0.15, 0.2) is 42.5 Å². The third kappa shape index (κ3) is 6.43. The van der Waals surface area contributed by atoms with Gasteiger partial charge in [0.2, 0.25) is 11.8 Å². The third-order valence-electron chi connectivity index (χ3n) is 6.16. The van der Waals surface area contributed by atoms with Gasteiger partial charge in [0.25, 0.3) is 0 Å². The molecule has 1 saturated carbocycles. The van der Waals surface area contributed by atoms with Gasteiger partial charge in [0.05, 0.1) is 6.42 Å². The first-order chi connectivity index (χ1) is 14.9. The van der Waals surface area contributed by atoms with Gasteiger partial charge in [0, 0.05) is 12.6 Å². The molecule has 1 aliphatic rings. The van der Waals surface area contributed by atoms with Gasteiger partial charge in [-0.05, 0) is 51.2 Å². The van der Waals surface area contributed by atoms with Crippen LogP contribution in [-0.2, 0) is 22.6 Å². The molecule has 0 unspecified atom stereocenters. The standard InChI is InChI=1S/C27H36N2O2/c1-5-25(27(31)28-24-11-6-7-12-24)29(18-22-10-8-9-19(2)14-22)26(30)17-23-15-20(3)13-21(4)16-23/h8-10,13-16,24-25H,5-7,11-12,17-18H2,1-4H3,(H,28,31)/t25-/m1/s1. The van der Waals surface area contributed by atoms with E-state index in [1.165, 1.54) is 12.8 Å². The van der Waals surface area contributed by atoms with Crippen LogP contribution in [0.25, 0.3) is 0 Å². The molecule has 2 aromatic rings. The number of hydrogen-bond acceptors (Lipinski definition) is 2. The van der Waals surface area contributed by atoms with Crippen molar-refractivity contribution >= 4 is 11.8 Å². The molecule has 1 atom stereocenters. The highest BCUT2D eigenvalue weighted by Crippen LogP contribution is 2.20. The molecular formula is C27H36N2O2. The molecule has 4 nitrogen and oxygen atoms in total. The Kier molecular flexibility index (Phi) is 7.89. The number of aryl methyl sites for hydroxylation is 3. The highest BCUT2D eigenvalue weighted by atomic mass is 16.2. The zero-order valence-corrected chi connectivity index (χ0v) is 19.4. The average molecular weight is 421 g/mol. The molecule has 1 fully saturated rings. The number of carbonyl (C=O) groups excluding carboxylic acids is 2. The molecule has 3 rings (SSSR count). The van der Waals surface area contributed by atoms with Gasteiger partial charge in [-0.1, -0.05) is 78.9 Å². The second-order valence-electron chi connectivity index (χ2n) is 9.10. The summed E-state index contributed by atoms with van der Waals surface area (Å²) in [6.45, 7) is 8.59. The van der Waals surface area contributed by atoms with E-state index in [1.807, 2.05) is 19.1 Å². The molecule has 0 heterocycles. The summed E-state index contributed by atoms with van der Waals surface area (Å²) in [4.78, 5) is 28.5. The molecular weight excluding hydrogens is 384 g/mol. The Hall–Kier alpha value is -2.62. The summed E-state index contributed by atoms with van der Waals surface area (Å²) in [6, 6.07) is 14.2. The van der Waals surface area contributed by atoms with E-state index >= 15 is 0 Å². The summed E-state index contributed by atoms with van der Waals surface area (Å²) >= 11 is 0. The first-order valence-corrected chi connectivity index (χ1v) is 11.6. The summed E-state index contributed by atoms with van der Waals surface area (Å²) in [5.74, 6) is -0.0178. The van der Waals surface area contributed by atoms with Crippen molar-refractivity contribution in [2.24, 2.45) is 0 Å². The Morgan fingerprint density at radius 3 is 2.23 bits per heavy atom. The van der Waals surface area contributed by atoms with Gasteiger partial charge < -0.3 is 10.2 Å². The van der Waals surface area contributed by atoms with E-state index in [0.29, 0.717) is 19.4 Å². The highest BCUT2D eigenvalue weighted by molar-refractivity contribution is 5.88. The fourth-order valence-corrected chi connectivity index (χ4v) is 4.74. The number of benzene rings is 2.